The van der Waals surface area contributed by atoms with Gasteiger partial charge in [-0.05, 0) is 6.07 Å². The minimum Gasteiger partial charge on any atom is -0.496 e. The Labute approximate surface area is 95.1 Å². The minimum absolute atomic E-state index is 0.0460. The molecule has 16 heavy (non-hydrogen) atoms. The lowest BCUT2D eigenvalue weighted by atomic mass is 10.1. The molecule has 1 heterocycles. The Morgan fingerprint density at radius 1 is 1.50 bits per heavy atom. The van der Waals surface area contributed by atoms with Crippen LogP contribution in [0.5, 0.6) is 5.75 Å². The van der Waals surface area contributed by atoms with Crippen molar-refractivity contribution in [2.45, 2.75) is 12.5 Å². The van der Waals surface area contributed by atoms with E-state index >= 15 is 0 Å². The molecule has 1 atom stereocenters. The zero-order chi connectivity index (χ0) is 11.4. The van der Waals surface area contributed by atoms with Crippen LogP contribution < -0.4 is 10.5 Å². The first-order valence-corrected chi connectivity index (χ1v) is 5.35. The quantitative estimate of drug-likeness (QED) is 0.823. The average molecular weight is 220 g/mol. The van der Waals surface area contributed by atoms with Gasteiger partial charge in [0, 0.05) is 12.1 Å². The van der Waals surface area contributed by atoms with Gasteiger partial charge >= 0.3 is 0 Å². The predicted octanol–water partition coefficient (Wildman–Crippen LogP) is 0.994. The minimum atomic E-state index is 0.0460. The second-order valence-corrected chi connectivity index (χ2v) is 3.70. The summed E-state index contributed by atoms with van der Waals surface area (Å²) >= 11 is 0. The Morgan fingerprint density at radius 3 is 3.00 bits per heavy atom. The SMILES string of the molecule is COc1ccccc1CC1=NCC(CN)O1. The van der Waals surface area contributed by atoms with Crippen molar-refractivity contribution in [3.8, 4) is 5.75 Å². The van der Waals surface area contributed by atoms with Crippen LogP contribution in [0.25, 0.3) is 0 Å². The number of methoxy groups -OCH3 is 1. The molecule has 0 fully saturated rings. The van der Waals surface area contributed by atoms with Gasteiger partial charge in [0.05, 0.1) is 20.1 Å². The summed E-state index contributed by atoms with van der Waals surface area (Å²) in [4.78, 5) is 4.32. The van der Waals surface area contributed by atoms with E-state index in [9.17, 15) is 0 Å². The maximum Gasteiger partial charge on any atom is 0.188 e. The molecule has 0 aliphatic carbocycles. The van der Waals surface area contributed by atoms with E-state index in [1.807, 2.05) is 24.3 Å². The zero-order valence-electron chi connectivity index (χ0n) is 9.35. The van der Waals surface area contributed by atoms with E-state index in [-0.39, 0.29) is 6.10 Å². The van der Waals surface area contributed by atoms with Crippen molar-refractivity contribution in [2.24, 2.45) is 10.7 Å². The first kappa shape index (κ1) is 11.0. The summed E-state index contributed by atoms with van der Waals surface area (Å²) in [5.74, 6) is 1.62. The van der Waals surface area contributed by atoms with Crippen molar-refractivity contribution in [2.75, 3.05) is 20.2 Å². The predicted molar refractivity (Wildman–Crippen MR) is 62.9 cm³/mol. The lowest BCUT2D eigenvalue weighted by Crippen LogP contribution is -2.24. The van der Waals surface area contributed by atoms with Crippen LogP contribution in [0.2, 0.25) is 0 Å². The van der Waals surface area contributed by atoms with Gasteiger partial charge in [0.2, 0.25) is 0 Å². The lowest BCUT2D eigenvalue weighted by molar-refractivity contribution is 0.228. The molecular weight excluding hydrogens is 204 g/mol. The number of nitrogens with two attached hydrogens (primary N) is 1. The molecular formula is C12H16N2O2. The molecule has 1 unspecified atom stereocenters. The molecule has 1 aliphatic heterocycles. The Bertz CT molecular complexity index is 390. The highest BCUT2D eigenvalue weighted by molar-refractivity contribution is 5.80. The molecule has 1 aromatic rings. The van der Waals surface area contributed by atoms with Crippen molar-refractivity contribution in [3.05, 3.63) is 29.8 Å². The summed E-state index contributed by atoms with van der Waals surface area (Å²) in [5, 5.41) is 0. The maximum atomic E-state index is 5.58. The summed E-state index contributed by atoms with van der Waals surface area (Å²) in [5.41, 5.74) is 6.61. The van der Waals surface area contributed by atoms with E-state index in [4.69, 9.17) is 15.2 Å². The summed E-state index contributed by atoms with van der Waals surface area (Å²) in [7, 11) is 1.67. The fourth-order valence-corrected chi connectivity index (χ4v) is 1.70. The standard InChI is InChI=1S/C12H16N2O2/c1-15-11-5-3-2-4-9(11)6-12-14-8-10(7-13)16-12/h2-5,10H,6-8,13H2,1H3. The van der Waals surface area contributed by atoms with Crippen LogP contribution in [0.1, 0.15) is 5.56 Å². The highest BCUT2D eigenvalue weighted by Gasteiger charge is 2.19. The Hall–Kier alpha value is -1.55. The molecule has 0 saturated heterocycles. The van der Waals surface area contributed by atoms with Crippen LogP contribution in [0.15, 0.2) is 29.3 Å². The smallest absolute Gasteiger partial charge is 0.188 e. The maximum absolute atomic E-state index is 5.58. The highest BCUT2D eigenvalue weighted by atomic mass is 16.5. The van der Waals surface area contributed by atoms with E-state index in [0.29, 0.717) is 19.5 Å². The third-order valence-electron chi connectivity index (χ3n) is 2.57. The number of hydrogen-bond donors (Lipinski definition) is 1. The number of benzene rings is 1. The van der Waals surface area contributed by atoms with Crippen LogP contribution in [0, 0.1) is 0 Å². The van der Waals surface area contributed by atoms with Gasteiger partial charge in [-0.1, -0.05) is 18.2 Å². The van der Waals surface area contributed by atoms with Crippen LogP contribution in [-0.2, 0) is 11.2 Å². The van der Waals surface area contributed by atoms with Crippen molar-refractivity contribution < 1.29 is 9.47 Å². The van der Waals surface area contributed by atoms with Crippen LogP contribution in [0.4, 0.5) is 0 Å². The van der Waals surface area contributed by atoms with E-state index in [1.165, 1.54) is 0 Å². The Morgan fingerprint density at radius 2 is 2.31 bits per heavy atom. The number of para-hydroxylation sites is 1. The van der Waals surface area contributed by atoms with Crippen molar-refractivity contribution in [1.29, 1.82) is 0 Å². The lowest BCUT2D eigenvalue weighted by Gasteiger charge is -2.10. The molecule has 0 spiro atoms. The van der Waals surface area contributed by atoms with Crippen molar-refractivity contribution in [1.82, 2.24) is 0 Å². The van der Waals surface area contributed by atoms with Crippen LogP contribution >= 0.6 is 0 Å². The number of nitrogens with zero attached hydrogens (tertiary/aromatic N) is 1. The molecule has 0 radical (unpaired) electrons. The molecule has 4 heteroatoms. The Balaban J connectivity index is 2.04. The fraction of sp³-hybridized carbons (Fsp3) is 0.417. The van der Waals surface area contributed by atoms with E-state index in [0.717, 1.165) is 17.2 Å². The molecule has 0 saturated carbocycles. The molecule has 4 nitrogen and oxygen atoms in total. The van der Waals surface area contributed by atoms with Gasteiger partial charge in [-0.15, -0.1) is 0 Å². The molecule has 0 bridgehead atoms. The van der Waals surface area contributed by atoms with Crippen LogP contribution in [-0.4, -0.2) is 32.2 Å². The zero-order valence-corrected chi connectivity index (χ0v) is 9.35. The number of rotatable bonds is 4. The van der Waals surface area contributed by atoms with Gasteiger partial charge in [-0.3, -0.25) is 4.99 Å². The normalized spacial score (nSPS) is 19.1. The van der Waals surface area contributed by atoms with Gasteiger partial charge < -0.3 is 15.2 Å². The monoisotopic (exact) mass is 220 g/mol. The third-order valence-corrected chi connectivity index (χ3v) is 2.57. The molecule has 0 aromatic heterocycles. The van der Waals surface area contributed by atoms with Gasteiger partial charge in [0.15, 0.2) is 5.90 Å². The molecule has 86 valence electrons. The number of aliphatic imine (C=N–C) groups is 1. The first-order valence-electron chi connectivity index (χ1n) is 5.35. The van der Waals surface area contributed by atoms with Gasteiger partial charge in [0.1, 0.15) is 11.9 Å². The molecule has 1 aliphatic rings. The summed E-state index contributed by atoms with van der Waals surface area (Å²) in [6.45, 7) is 1.18. The van der Waals surface area contributed by atoms with E-state index in [2.05, 4.69) is 4.99 Å². The fourth-order valence-electron chi connectivity index (χ4n) is 1.70. The average Bonchev–Trinajstić information content (AvgIpc) is 2.77. The van der Waals surface area contributed by atoms with E-state index < -0.39 is 0 Å². The largest absolute Gasteiger partial charge is 0.496 e. The van der Waals surface area contributed by atoms with Crippen molar-refractivity contribution in [3.63, 3.8) is 0 Å². The molecule has 2 N–H and O–H groups in total. The van der Waals surface area contributed by atoms with Gasteiger partial charge in [-0.2, -0.15) is 0 Å². The topological polar surface area (TPSA) is 56.8 Å². The summed E-state index contributed by atoms with van der Waals surface area (Å²) < 4.78 is 10.9. The third kappa shape index (κ3) is 2.33. The van der Waals surface area contributed by atoms with Gasteiger partial charge in [-0.25, -0.2) is 0 Å². The number of hydrogen-bond acceptors (Lipinski definition) is 4. The van der Waals surface area contributed by atoms with Crippen LogP contribution in [0.3, 0.4) is 0 Å². The molecule has 2 rings (SSSR count). The van der Waals surface area contributed by atoms with Crippen molar-refractivity contribution >= 4 is 5.90 Å². The second kappa shape index (κ2) is 4.99. The summed E-state index contributed by atoms with van der Waals surface area (Å²) in [6, 6.07) is 7.88. The second-order valence-electron chi connectivity index (χ2n) is 3.70. The highest BCUT2D eigenvalue weighted by Crippen LogP contribution is 2.19. The van der Waals surface area contributed by atoms with E-state index in [1.54, 1.807) is 7.11 Å². The molecule has 1 aromatic carbocycles. The summed E-state index contributed by atoms with van der Waals surface area (Å²) in [6.07, 6.45) is 0.713. The number of ether oxygens (including phenoxy) is 2. The Kier molecular flexibility index (Phi) is 3.41. The van der Waals surface area contributed by atoms with Gasteiger partial charge in [0.25, 0.3) is 0 Å². The molecule has 0 amide bonds. The first-order chi connectivity index (χ1) is 7.83.